The molecule has 1 aromatic heterocycles. The second-order valence-electron chi connectivity index (χ2n) is 4.93. The lowest BCUT2D eigenvalue weighted by Gasteiger charge is -2.18. The Bertz CT molecular complexity index is 404. The van der Waals surface area contributed by atoms with Crippen molar-refractivity contribution in [3.63, 3.8) is 0 Å². The summed E-state index contributed by atoms with van der Waals surface area (Å²) in [6, 6.07) is 1.63. The molecule has 0 atom stereocenters. The molecule has 1 aromatic rings. The Balaban J connectivity index is 2.91. The highest BCUT2D eigenvalue weighted by atomic mass is 79.9. The molecule has 0 radical (unpaired) electrons. The number of anilines is 1. The molecule has 0 fully saturated rings. The number of nitrogens with two attached hydrogens (primary N) is 1. The largest absolute Gasteiger partial charge is 0.398 e. The zero-order chi connectivity index (χ0) is 11.6. The summed E-state index contributed by atoms with van der Waals surface area (Å²) in [7, 11) is 0. The van der Waals surface area contributed by atoms with Gasteiger partial charge in [0.05, 0.1) is 4.47 Å². The number of aryl methyl sites for hydroxylation is 1. The van der Waals surface area contributed by atoms with Gasteiger partial charge in [-0.15, -0.1) is 0 Å². The maximum absolute atomic E-state index is 11.7. The predicted octanol–water partition coefficient (Wildman–Crippen LogP) is 2.63. The number of nitrogens with zero attached hydrogens (tertiary/aromatic N) is 1. The van der Waals surface area contributed by atoms with Crippen LogP contribution in [0, 0.1) is 5.41 Å². The van der Waals surface area contributed by atoms with Crippen LogP contribution in [0.2, 0.25) is 0 Å². The summed E-state index contributed by atoms with van der Waals surface area (Å²) in [5.41, 5.74) is 6.48. The van der Waals surface area contributed by atoms with E-state index in [1.165, 1.54) is 0 Å². The summed E-state index contributed by atoms with van der Waals surface area (Å²) in [5.74, 6) is 0. The van der Waals surface area contributed by atoms with E-state index in [1.54, 1.807) is 16.8 Å². The highest BCUT2D eigenvalue weighted by Gasteiger charge is 2.11. The van der Waals surface area contributed by atoms with Crippen LogP contribution < -0.4 is 11.3 Å². The molecule has 0 saturated carbocycles. The van der Waals surface area contributed by atoms with E-state index in [0.717, 1.165) is 6.42 Å². The second kappa shape index (κ2) is 4.39. The first-order chi connectivity index (χ1) is 6.79. The minimum atomic E-state index is -0.0200. The van der Waals surface area contributed by atoms with Crippen LogP contribution in [0.3, 0.4) is 0 Å². The topological polar surface area (TPSA) is 48.0 Å². The molecule has 0 aliphatic rings. The van der Waals surface area contributed by atoms with Crippen molar-refractivity contribution in [2.75, 3.05) is 5.73 Å². The van der Waals surface area contributed by atoms with Gasteiger partial charge < -0.3 is 10.3 Å². The molecule has 0 aromatic carbocycles. The fourth-order valence-electron chi connectivity index (χ4n) is 1.24. The molecule has 1 rings (SSSR count). The zero-order valence-electron chi connectivity index (χ0n) is 9.38. The van der Waals surface area contributed by atoms with Gasteiger partial charge in [0, 0.05) is 18.4 Å². The van der Waals surface area contributed by atoms with Crippen molar-refractivity contribution in [3.8, 4) is 0 Å². The number of aromatic nitrogens is 1. The normalized spacial score (nSPS) is 11.7. The van der Waals surface area contributed by atoms with E-state index in [-0.39, 0.29) is 11.0 Å². The first-order valence-electron chi connectivity index (χ1n) is 4.95. The third-order valence-corrected chi connectivity index (χ3v) is 2.73. The number of halogens is 1. The van der Waals surface area contributed by atoms with Crippen LogP contribution >= 0.6 is 15.9 Å². The molecule has 84 valence electrons. The smallest absolute Gasteiger partial charge is 0.264 e. The molecule has 0 aliphatic heterocycles. The number of hydrogen-bond donors (Lipinski definition) is 1. The summed E-state index contributed by atoms with van der Waals surface area (Å²) in [6.45, 7) is 7.16. The fourth-order valence-corrected chi connectivity index (χ4v) is 1.74. The van der Waals surface area contributed by atoms with E-state index < -0.39 is 0 Å². The van der Waals surface area contributed by atoms with Gasteiger partial charge in [0.2, 0.25) is 0 Å². The van der Waals surface area contributed by atoms with Crippen LogP contribution in [0.1, 0.15) is 27.2 Å². The molecular weight excluding hydrogens is 256 g/mol. The van der Waals surface area contributed by atoms with Gasteiger partial charge in [-0.2, -0.15) is 0 Å². The molecule has 15 heavy (non-hydrogen) atoms. The number of pyridine rings is 1. The number of hydrogen-bond acceptors (Lipinski definition) is 2. The highest BCUT2D eigenvalue weighted by molar-refractivity contribution is 9.10. The molecular formula is C11H17BrN2O. The quantitative estimate of drug-likeness (QED) is 0.900. The van der Waals surface area contributed by atoms with Crippen LogP contribution in [0.15, 0.2) is 21.5 Å². The summed E-state index contributed by atoms with van der Waals surface area (Å²) in [6.07, 6.45) is 2.64. The Morgan fingerprint density at radius 2 is 2.07 bits per heavy atom. The Morgan fingerprint density at radius 1 is 1.47 bits per heavy atom. The monoisotopic (exact) mass is 272 g/mol. The number of rotatable bonds is 2. The van der Waals surface area contributed by atoms with E-state index in [1.807, 2.05) is 0 Å². The first-order valence-corrected chi connectivity index (χ1v) is 5.74. The maximum atomic E-state index is 11.7. The van der Waals surface area contributed by atoms with Gasteiger partial charge in [0.25, 0.3) is 5.56 Å². The lowest BCUT2D eigenvalue weighted by Crippen LogP contribution is -2.23. The van der Waals surface area contributed by atoms with Crippen molar-refractivity contribution in [1.82, 2.24) is 4.57 Å². The van der Waals surface area contributed by atoms with Gasteiger partial charge in [-0.1, -0.05) is 20.8 Å². The van der Waals surface area contributed by atoms with Crippen LogP contribution in [0.4, 0.5) is 5.69 Å². The van der Waals surface area contributed by atoms with E-state index >= 15 is 0 Å². The second-order valence-corrected chi connectivity index (χ2v) is 5.78. The van der Waals surface area contributed by atoms with Gasteiger partial charge in [-0.3, -0.25) is 4.79 Å². The molecule has 0 bridgehead atoms. The van der Waals surface area contributed by atoms with Crippen LogP contribution in [-0.4, -0.2) is 4.57 Å². The van der Waals surface area contributed by atoms with Crippen molar-refractivity contribution in [2.45, 2.75) is 33.7 Å². The lowest BCUT2D eigenvalue weighted by atomic mass is 9.92. The third-order valence-electron chi connectivity index (χ3n) is 2.17. The Hall–Kier alpha value is -0.770. The average Bonchev–Trinajstić information content (AvgIpc) is 2.07. The van der Waals surface area contributed by atoms with Gasteiger partial charge in [0.15, 0.2) is 0 Å². The molecule has 0 saturated heterocycles. The summed E-state index contributed by atoms with van der Waals surface area (Å²) in [5, 5.41) is 0. The molecule has 2 N–H and O–H groups in total. The van der Waals surface area contributed by atoms with E-state index in [9.17, 15) is 4.79 Å². The van der Waals surface area contributed by atoms with Crippen molar-refractivity contribution in [1.29, 1.82) is 0 Å². The fraction of sp³-hybridized carbons (Fsp3) is 0.545. The zero-order valence-corrected chi connectivity index (χ0v) is 11.0. The Morgan fingerprint density at radius 3 is 2.60 bits per heavy atom. The maximum Gasteiger partial charge on any atom is 0.264 e. The van der Waals surface area contributed by atoms with E-state index in [4.69, 9.17) is 5.73 Å². The van der Waals surface area contributed by atoms with Crippen molar-refractivity contribution in [3.05, 3.63) is 27.1 Å². The molecule has 0 spiro atoms. The van der Waals surface area contributed by atoms with Crippen molar-refractivity contribution < 1.29 is 0 Å². The lowest BCUT2D eigenvalue weighted by molar-refractivity contribution is 0.348. The van der Waals surface area contributed by atoms with E-state index in [2.05, 4.69) is 36.7 Å². The van der Waals surface area contributed by atoms with Gasteiger partial charge >= 0.3 is 0 Å². The van der Waals surface area contributed by atoms with E-state index in [0.29, 0.717) is 16.7 Å². The first kappa shape index (κ1) is 12.3. The molecule has 3 nitrogen and oxygen atoms in total. The summed E-state index contributed by atoms with van der Waals surface area (Å²) >= 11 is 3.20. The van der Waals surface area contributed by atoms with Gasteiger partial charge in [-0.05, 0) is 33.8 Å². The van der Waals surface area contributed by atoms with Crippen LogP contribution in [0.25, 0.3) is 0 Å². The predicted molar refractivity (Wildman–Crippen MR) is 66.9 cm³/mol. The minimum Gasteiger partial charge on any atom is -0.398 e. The van der Waals surface area contributed by atoms with Crippen LogP contribution in [0.5, 0.6) is 0 Å². The molecule has 0 unspecified atom stereocenters. The number of nitrogen functional groups attached to an aromatic ring is 1. The Kier molecular flexibility index (Phi) is 3.60. The minimum absolute atomic E-state index is 0.0200. The highest BCUT2D eigenvalue weighted by Crippen LogP contribution is 2.19. The van der Waals surface area contributed by atoms with Crippen molar-refractivity contribution >= 4 is 21.6 Å². The average molecular weight is 273 g/mol. The molecule has 4 heteroatoms. The summed E-state index contributed by atoms with van der Waals surface area (Å²) < 4.78 is 2.18. The Labute approximate surface area is 98.4 Å². The SMILES string of the molecule is CC(C)(C)CCn1cc(N)cc(Br)c1=O. The molecule has 0 aliphatic carbocycles. The standard InChI is InChI=1S/C11H17BrN2O/c1-11(2,3)4-5-14-7-8(13)6-9(12)10(14)15/h6-7H,4-5,13H2,1-3H3. The summed E-state index contributed by atoms with van der Waals surface area (Å²) in [4.78, 5) is 11.7. The molecule has 0 amide bonds. The molecule has 1 heterocycles. The van der Waals surface area contributed by atoms with Crippen molar-refractivity contribution in [2.24, 2.45) is 5.41 Å². The van der Waals surface area contributed by atoms with Crippen LogP contribution in [-0.2, 0) is 6.54 Å². The van der Waals surface area contributed by atoms with Gasteiger partial charge in [-0.25, -0.2) is 0 Å². The third kappa shape index (κ3) is 3.70. The van der Waals surface area contributed by atoms with Gasteiger partial charge in [0.1, 0.15) is 0 Å².